The topological polar surface area (TPSA) is 0 Å². The first-order valence-electron chi connectivity index (χ1n) is 5.03. The molecule has 0 amide bonds. The molecule has 0 radical (unpaired) electrons. The second-order valence-electron chi connectivity index (χ2n) is 3.69. The van der Waals surface area contributed by atoms with E-state index in [4.69, 9.17) is 0 Å². The number of halogens is 5. The van der Waals surface area contributed by atoms with Gasteiger partial charge in [0.2, 0.25) is 0 Å². The molecule has 2 aromatic carbocycles. The summed E-state index contributed by atoms with van der Waals surface area (Å²) in [6.45, 7) is 0. The average Bonchev–Trinajstić information content (AvgIpc) is 2.31. The first kappa shape index (κ1) is 13.6. The summed E-state index contributed by atoms with van der Waals surface area (Å²) in [6, 6.07) is 7.44. The molecule has 94 valence electrons. The standard InChI is InChI=1S/C13H7Br2F3/c14-11-4-2-7(16)5-10(11)13(15)9-3-1-8(17)6-12(9)18/h1-6,13H. The maximum Gasteiger partial charge on any atom is 0.130 e. The van der Waals surface area contributed by atoms with Gasteiger partial charge in [-0.15, -0.1) is 0 Å². The van der Waals surface area contributed by atoms with Crippen LogP contribution in [0.5, 0.6) is 0 Å². The average molecular weight is 380 g/mol. The molecular formula is C13H7Br2F3. The molecule has 2 rings (SSSR count). The molecular weight excluding hydrogens is 373 g/mol. The maximum absolute atomic E-state index is 13.6. The zero-order valence-corrected chi connectivity index (χ0v) is 12.1. The van der Waals surface area contributed by atoms with Gasteiger partial charge in [0, 0.05) is 16.1 Å². The molecule has 0 aliphatic carbocycles. The number of benzene rings is 2. The Morgan fingerprint density at radius 2 is 1.44 bits per heavy atom. The highest BCUT2D eigenvalue weighted by atomic mass is 79.9. The van der Waals surface area contributed by atoms with Crippen LogP contribution < -0.4 is 0 Å². The van der Waals surface area contributed by atoms with Gasteiger partial charge in [-0.2, -0.15) is 0 Å². The van der Waals surface area contributed by atoms with Gasteiger partial charge in [0.05, 0.1) is 4.83 Å². The van der Waals surface area contributed by atoms with Crippen LogP contribution in [-0.2, 0) is 0 Å². The molecule has 0 bridgehead atoms. The Kier molecular flexibility index (Phi) is 4.12. The summed E-state index contributed by atoms with van der Waals surface area (Å²) in [7, 11) is 0. The number of rotatable bonds is 2. The Hall–Kier alpha value is -0.810. The van der Waals surface area contributed by atoms with Crippen LogP contribution in [0, 0.1) is 17.5 Å². The van der Waals surface area contributed by atoms with Gasteiger partial charge in [0.15, 0.2) is 0 Å². The van der Waals surface area contributed by atoms with E-state index >= 15 is 0 Å². The van der Waals surface area contributed by atoms with Crippen molar-refractivity contribution in [2.75, 3.05) is 0 Å². The quantitative estimate of drug-likeness (QED) is 0.617. The lowest BCUT2D eigenvalue weighted by atomic mass is 10.0. The lowest BCUT2D eigenvalue weighted by Crippen LogP contribution is -1.99. The van der Waals surface area contributed by atoms with Crippen molar-refractivity contribution in [2.45, 2.75) is 4.83 Å². The second-order valence-corrected chi connectivity index (χ2v) is 5.46. The molecule has 2 aromatic rings. The largest absolute Gasteiger partial charge is 0.207 e. The van der Waals surface area contributed by atoms with Crippen LogP contribution >= 0.6 is 31.9 Å². The highest BCUT2D eigenvalue weighted by Crippen LogP contribution is 2.36. The van der Waals surface area contributed by atoms with Crippen molar-refractivity contribution >= 4 is 31.9 Å². The van der Waals surface area contributed by atoms with Gasteiger partial charge in [-0.1, -0.05) is 37.9 Å². The van der Waals surface area contributed by atoms with Gasteiger partial charge < -0.3 is 0 Å². The van der Waals surface area contributed by atoms with Crippen LogP contribution in [0.15, 0.2) is 40.9 Å². The van der Waals surface area contributed by atoms with Gasteiger partial charge >= 0.3 is 0 Å². The van der Waals surface area contributed by atoms with E-state index in [0.29, 0.717) is 10.0 Å². The third kappa shape index (κ3) is 2.78. The zero-order chi connectivity index (χ0) is 13.3. The Bertz CT molecular complexity index is 584. The van der Waals surface area contributed by atoms with Gasteiger partial charge in [0.25, 0.3) is 0 Å². The summed E-state index contributed by atoms with van der Waals surface area (Å²) in [6.07, 6.45) is 0. The Labute approximate surface area is 119 Å². The van der Waals surface area contributed by atoms with Crippen LogP contribution in [0.25, 0.3) is 0 Å². The summed E-state index contributed by atoms with van der Waals surface area (Å²) in [5, 5.41) is 0. The van der Waals surface area contributed by atoms with Gasteiger partial charge in [-0.3, -0.25) is 0 Å². The number of hydrogen-bond donors (Lipinski definition) is 0. The summed E-state index contributed by atoms with van der Waals surface area (Å²) in [4.78, 5) is -0.553. The monoisotopic (exact) mass is 378 g/mol. The normalized spacial score (nSPS) is 12.5. The molecule has 0 N–H and O–H groups in total. The van der Waals surface area contributed by atoms with Crippen molar-refractivity contribution in [3.8, 4) is 0 Å². The molecule has 1 atom stereocenters. The van der Waals surface area contributed by atoms with Crippen molar-refractivity contribution in [1.82, 2.24) is 0 Å². The van der Waals surface area contributed by atoms with Crippen molar-refractivity contribution in [3.05, 3.63) is 69.4 Å². The van der Waals surface area contributed by atoms with Gasteiger partial charge in [0.1, 0.15) is 17.5 Å². The van der Waals surface area contributed by atoms with E-state index in [0.717, 1.165) is 6.07 Å². The van der Waals surface area contributed by atoms with Crippen molar-refractivity contribution < 1.29 is 13.2 Å². The number of hydrogen-bond acceptors (Lipinski definition) is 0. The van der Waals surface area contributed by atoms with Crippen LogP contribution in [0.1, 0.15) is 16.0 Å². The van der Waals surface area contributed by atoms with Crippen molar-refractivity contribution in [1.29, 1.82) is 0 Å². The molecule has 0 spiro atoms. The minimum absolute atomic E-state index is 0.253. The van der Waals surface area contributed by atoms with Crippen LogP contribution in [0.4, 0.5) is 13.2 Å². The van der Waals surface area contributed by atoms with Gasteiger partial charge in [-0.05, 0) is 29.8 Å². The Morgan fingerprint density at radius 3 is 2.11 bits per heavy atom. The highest BCUT2D eigenvalue weighted by molar-refractivity contribution is 9.11. The fraction of sp³-hybridized carbons (Fsp3) is 0.0769. The molecule has 0 heterocycles. The summed E-state index contributed by atoms with van der Waals surface area (Å²) in [5.74, 6) is -1.73. The smallest absolute Gasteiger partial charge is 0.130 e. The molecule has 0 aromatic heterocycles. The summed E-state index contributed by atoms with van der Waals surface area (Å²) < 4.78 is 40.3. The van der Waals surface area contributed by atoms with Gasteiger partial charge in [-0.25, -0.2) is 13.2 Å². The SMILES string of the molecule is Fc1ccc(C(Br)c2cc(F)ccc2Br)c(F)c1. The predicted molar refractivity (Wildman–Crippen MR) is 71.2 cm³/mol. The molecule has 1 unspecified atom stereocenters. The third-order valence-corrected chi connectivity index (χ3v) is 4.18. The molecule has 0 saturated heterocycles. The molecule has 0 aliphatic rings. The predicted octanol–water partition coefficient (Wildman–Crippen LogP) is 5.35. The second kappa shape index (κ2) is 5.45. The molecule has 0 aliphatic heterocycles. The van der Waals surface area contributed by atoms with E-state index < -0.39 is 22.3 Å². The minimum Gasteiger partial charge on any atom is -0.207 e. The summed E-state index contributed by atoms with van der Waals surface area (Å²) in [5.41, 5.74) is 0.795. The van der Waals surface area contributed by atoms with E-state index in [2.05, 4.69) is 31.9 Å². The first-order chi connectivity index (χ1) is 8.49. The zero-order valence-electron chi connectivity index (χ0n) is 8.93. The molecule has 5 heteroatoms. The fourth-order valence-corrected chi connectivity index (χ4v) is 3.12. The van der Waals surface area contributed by atoms with E-state index in [1.165, 1.54) is 24.3 Å². The minimum atomic E-state index is -0.673. The van der Waals surface area contributed by atoms with E-state index in [9.17, 15) is 13.2 Å². The molecule has 0 nitrogen and oxygen atoms in total. The van der Waals surface area contributed by atoms with Crippen LogP contribution in [0.3, 0.4) is 0 Å². The lowest BCUT2D eigenvalue weighted by molar-refractivity contribution is 0.574. The molecule has 0 saturated carbocycles. The molecule has 18 heavy (non-hydrogen) atoms. The highest BCUT2D eigenvalue weighted by Gasteiger charge is 2.18. The first-order valence-corrected chi connectivity index (χ1v) is 6.74. The van der Waals surface area contributed by atoms with Crippen LogP contribution in [-0.4, -0.2) is 0 Å². The van der Waals surface area contributed by atoms with Crippen molar-refractivity contribution in [3.63, 3.8) is 0 Å². The third-order valence-electron chi connectivity index (χ3n) is 2.47. The van der Waals surface area contributed by atoms with E-state index in [1.54, 1.807) is 6.07 Å². The number of alkyl halides is 1. The van der Waals surface area contributed by atoms with E-state index in [-0.39, 0.29) is 5.56 Å². The fourth-order valence-electron chi connectivity index (χ4n) is 1.58. The maximum atomic E-state index is 13.6. The lowest BCUT2D eigenvalue weighted by Gasteiger charge is -2.13. The summed E-state index contributed by atoms with van der Waals surface area (Å²) >= 11 is 6.57. The Morgan fingerprint density at radius 1 is 0.833 bits per heavy atom. The molecule has 0 fully saturated rings. The van der Waals surface area contributed by atoms with Crippen LogP contribution in [0.2, 0.25) is 0 Å². The Balaban J connectivity index is 2.47. The van der Waals surface area contributed by atoms with Crippen molar-refractivity contribution in [2.24, 2.45) is 0 Å². The van der Waals surface area contributed by atoms with E-state index in [1.807, 2.05) is 0 Å².